The number of rotatable bonds is 4. The molecule has 0 radical (unpaired) electrons. The van der Waals surface area contributed by atoms with Crippen LogP contribution in [-0.2, 0) is 16.6 Å². The van der Waals surface area contributed by atoms with Crippen LogP contribution in [0.1, 0.15) is 32.6 Å². The third-order valence-corrected chi connectivity index (χ3v) is 6.34. The quantitative estimate of drug-likeness (QED) is 0.582. The molecule has 5 rings (SSSR count). The molecular formula is C21H23ClN8O3. The van der Waals surface area contributed by atoms with Crippen molar-refractivity contribution in [3.05, 3.63) is 29.5 Å². The molecule has 0 spiro atoms. The number of anilines is 1. The van der Waals surface area contributed by atoms with Crippen LogP contribution >= 0.6 is 11.6 Å². The zero-order valence-electron chi connectivity index (χ0n) is 18.1. The molecule has 4 amide bonds. The number of hydrogen-bond acceptors (Lipinski definition) is 6. The van der Waals surface area contributed by atoms with E-state index in [0.29, 0.717) is 34.9 Å². The van der Waals surface area contributed by atoms with Crippen molar-refractivity contribution in [2.24, 2.45) is 13.0 Å². The lowest BCUT2D eigenvalue weighted by molar-refractivity contribution is -0.157. The molecular weight excluding hydrogens is 448 g/mol. The van der Waals surface area contributed by atoms with Crippen LogP contribution in [-0.4, -0.2) is 49.1 Å². The lowest BCUT2D eigenvalue weighted by Crippen LogP contribution is -2.78. The predicted octanol–water partition coefficient (Wildman–Crippen LogP) is 1.97. The molecule has 3 atom stereocenters. The van der Waals surface area contributed by atoms with Crippen molar-refractivity contribution in [1.29, 1.82) is 5.26 Å². The Morgan fingerprint density at radius 3 is 2.79 bits per heavy atom. The van der Waals surface area contributed by atoms with E-state index in [-0.39, 0.29) is 18.4 Å². The van der Waals surface area contributed by atoms with Gasteiger partial charge in [-0.2, -0.15) is 10.4 Å². The summed E-state index contributed by atoms with van der Waals surface area (Å²) in [5.41, 5.74) is 4.61. The van der Waals surface area contributed by atoms with Gasteiger partial charge in [0.2, 0.25) is 0 Å². The van der Waals surface area contributed by atoms with Gasteiger partial charge in [0.25, 0.3) is 11.8 Å². The Kier molecular flexibility index (Phi) is 5.95. The number of aryl methyl sites for hydroxylation is 1. The molecule has 1 aromatic carbocycles. The summed E-state index contributed by atoms with van der Waals surface area (Å²) < 4.78 is 1.55. The van der Waals surface area contributed by atoms with Gasteiger partial charge >= 0.3 is 6.03 Å². The van der Waals surface area contributed by atoms with Crippen molar-refractivity contribution in [2.45, 2.75) is 44.2 Å². The summed E-state index contributed by atoms with van der Waals surface area (Å²) in [5.74, 6) is -0.418. The summed E-state index contributed by atoms with van der Waals surface area (Å²) in [4.78, 5) is 43.6. The molecule has 11 nitrogen and oxygen atoms in total. The van der Waals surface area contributed by atoms with E-state index in [1.165, 1.54) is 0 Å². The number of halogens is 1. The summed E-state index contributed by atoms with van der Waals surface area (Å²) in [6.45, 7) is 2.03. The van der Waals surface area contributed by atoms with Crippen LogP contribution in [0.5, 0.6) is 0 Å². The summed E-state index contributed by atoms with van der Waals surface area (Å²) in [6.07, 6.45) is 2.94. The van der Waals surface area contributed by atoms with E-state index in [9.17, 15) is 14.4 Å². The zero-order valence-corrected chi connectivity index (χ0v) is 18.9. The Bertz CT molecular complexity index is 1160. The van der Waals surface area contributed by atoms with Crippen LogP contribution in [0.15, 0.2) is 24.5 Å². The van der Waals surface area contributed by atoms with Crippen LogP contribution in [0.25, 0.3) is 11.4 Å². The Morgan fingerprint density at radius 2 is 2.09 bits per heavy atom. The average molecular weight is 471 g/mol. The van der Waals surface area contributed by atoms with E-state index >= 15 is 0 Å². The molecule has 3 aliphatic rings. The van der Waals surface area contributed by atoms with E-state index in [0.717, 1.165) is 6.42 Å². The van der Waals surface area contributed by atoms with Crippen LogP contribution in [0.4, 0.5) is 10.5 Å². The molecule has 1 saturated carbocycles. The number of fused-ring (bicyclic) bond motifs is 2. The third kappa shape index (κ3) is 4.21. The fourth-order valence-electron chi connectivity index (χ4n) is 4.75. The molecule has 3 fully saturated rings. The number of urea groups is 1. The first-order valence-electron chi connectivity index (χ1n) is 10.5. The van der Waals surface area contributed by atoms with Gasteiger partial charge in [-0.25, -0.2) is 9.78 Å². The number of piperidine rings is 1. The molecule has 1 aromatic heterocycles. The molecule has 2 saturated heterocycles. The lowest BCUT2D eigenvalue weighted by atomic mass is 9.64. The van der Waals surface area contributed by atoms with Crippen molar-refractivity contribution in [2.75, 3.05) is 5.32 Å². The molecule has 33 heavy (non-hydrogen) atoms. The van der Waals surface area contributed by atoms with E-state index in [1.54, 1.807) is 47.2 Å². The molecule has 172 valence electrons. The van der Waals surface area contributed by atoms with Crippen LogP contribution in [0.2, 0.25) is 5.02 Å². The minimum atomic E-state index is -1.07. The van der Waals surface area contributed by atoms with Crippen molar-refractivity contribution < 1.29 is 14.4 Å². The van der Waals surface area contributed by atoms with Crippen molar-refractivity contribution in [3.8, 4) is 17.5 Å². The fourth-order valence-corrected chi connectivity index (χ4v) is 4.95. The lowest BCUT2D eigenvalue weighted by Gasteiger charge is -2.61. The Morgan fingerprint density at radius 1 is 1.30 bits per heavy atom. The molecule has 2 aliphatic heterocycles. The van der Waals surface area contributed by atoms with E-state index in [2.05, 4.69) is 26.3 Å². The second-order valence-electron chi connectivity index (χ2n) is 8.51. The van der Waals surface area contributed by atoms with Gasteiger partial charge < -0.3 is 10.2 Å². The van der Waals surface area contributed by atoms with E-state index in [4.69, 9.17) is 16.9 Å². The first-order chi connectivity index (χ1) is 15.7. The monoisotopic (exact) mass is 470 g/mol. The molecule has 3 unspecified atom stereocenters. The number of nitrogens with one attached hydrogen (secondary N) is 3. The van der Waals surface area contributed by atoms with Crippen molar-refractivity contribution in [3.63, 3.8) is 0 Å². The zero-order chi connectivity index (χ0) is 23.8. The van der Waals surface area contributed by atoms with Gasteiger partial charge in [-0.15, -0.1) is 0 Å². The normalized spacial score (nSPS) is 23.2. The third-order valence-electron chi connectivity index (χ3n) is 6.01. The molecule has 2 bridgehead atoms. The first-order valence-corrected chi connectivity index (χ1v) is 10.8. The molecule has 1 aliphatic carbocycles. The van der Waals surface area contributed by atoms with Crippen molar-refractivity contribution >= 4 is 35.1 Å². The molecule has 3 N–H and O–H groups in total. The number of hydrazine groups is 1. The number of benzene rings is 1. The highest BCUT2D eigenvalue weighted by Gasteiger charge is 2.62. The standard InChI is InChI=1S/C21H23ClN8O3/c1-12-7-14-10-21(9-12,19(32)27-26-17(31)5-6-23)30(14)20(33)25-13-3-4-16(22)15(8-13)18-24-11-29(2)28-18/h3-4,8,11-12,14H,5,7,9-10H2,1-2H3,(H,25,33)(H,26,31)(H,27,32). The van der Waals surface area contributed by atoms with Crippen LogP contribution < -0.4 is 16.2 Å². The summed E-state index contributed by atoms with van der Waals surface area (Å²) >= 11 is 6.30. The number of amides is 4. The summed E-state index contributed by atoms with van der Waals surface area (Å²) in [7, 11) is 1.74. The first kappa shape index (κ1) is 22.5. The van der Waals surface area contributed by atoms with Crippen molar-refractivity contribution in [1.82, 2.24) is 30.5 Å². The number of carbonyl (C=O) groups is 3. The number of carbonyl (C=O) groups excluding carboxylic acids is 3. The van der Waals surface area contributed by atoms with Gasteiger partial charge in [0.15, 0.2) is 5.82 Å². The minimum Gasteiger partial charge on any atom is -0.308 e. The van der Waals surface area contributed by atoms with Crippen LogP contribution in [0.3, 0.4) is 0 Å². The maximum atomic E-state index is 13.2. The minimum absolute atomic E-state index is 0.0847. The maximum absolute atomic E-state index is 13.2. The highest BCUT2D eigenvalue weighted by molar-refractivity contribution is 6.33. The molecule has 2 aromatic rings. The van der Waals surface area contributed by atoms with Gasteiger partial charge in [0.05, 0.1) is 11.1 Å². The topological polar surface area (TPSA) is 145 Å². The smallest absolute Gasteiger partial charge is 0.308 e. The van der Waals surface area contributed by atoms with E-state index in [1.807, 2.05) is 6.92 Å². The Balaban J connectivity index is 1.52. The predicted molar refractivity (Wildman–Crippen MR) is 118 cm³/mol. The second kappa shape index (κ2) is 8.71. The number of hydrogen-bond donors (Lipinski definition) is 3. The number of aromatic nitrogens is 3. The SMILES string of the molecule is CC1CC2CC(C(=O)NNC(=O)CC#N)(C1)N2C(=O)Nc1ccc(Cl)c(-c2ncn(C)n2)c1. The Hall–Kier alpha value is -3.65. The Labute approximate surface area is 195 Å². The number of nitriles is 1. The second-order valence-corrected chi connectivity index (χ2v) is 8.92. The summed E-state index contributed by atoms with van der Waals surface area (Å²) in [6, 6.07) is 6.21. The van der Waals surface area contributed by atoms with Gasteiger partial charge in [-0.1, -0.05) is 18.5 Å². The van der Waals surface area contributed by atoms with Gasteiger partial charge in [0, 0.05) is 30.8 Å². The molecule has 12 heteroatoms. The maximum Gasteiger partial charge on any atom is 0.323 e. The summed E-state index contributed by atoms with van der Waals surface area (Å²) in [5, 5.41) is 16.2. The number of nitrogens with zero attached hydrogens (tertiary/aromatic N) is 5. The van der Waals surface area contributed by atoms with Crippen LogP contribution in [0, 0.1) is 17.2 Å². The van der Waals surface area contributed by atoms with E-state index < -0.39 is 23.4 Å². The highest BCUT2D eigenvalue weighted by atomic mass is 35.5. The van der Waals surface area contributed by atoms with Gasteiger partial charge in [-0.05, 0) is 37.0 Å². The van der Waals surface area contributed by atoms with Gasteiger partial charge in [-0.3, -0.25) is 25.1 Å². The van der Waals surface area contributed by atoms with Gasteiger partial charge in [0.1, 0.15) is 18.3 Å². The molecule has 3 heterocycles. The highest BCUT2D eigenvalue weighted by Crippen LogP contribution is 2.50. The fraction of sp³-hybridized carbons (Fsp3) is 0.429. The largest absolute Gasteiger partial charge is 0.323 e. The average Bonchev–Trinajstić information content (AvgIpc) is 3.18.